The number of anilines is 1. The molecule has 4 heterocycles. The van der Waals surface area contributed by atoms with E-state index < -0.39 is 27.5 Å². The van der Waals surface area contributed by atoms with E-state index in [1.165, 1.54) is 16.0 Å². The average molecular weight is 753 g/mol. The number of likely N-dealkylation sites (tertiary alicyclic amines) is 1. The third-order valence-electron chi connectivity index (χ3n) is 12.0. The summed E-state index contributed by atoms with van der Waals surface area (Å²) < 4.78 is 45.8. The summed E-state index contributed by atoms with van der Waals surface area (Å²) in [6.07, 6.45) is 9.90. The van der Waals surface area contributed by atoms with Gasteiger partial charge in [-0.05, 0) is 97.7 Å². The molecule has 6 atom stereocenters. The maximum atomic E-state index is 14.6. The van der Waals surface area contributed by atoms with E-state index in [0.717, 1.165) is 55.9 Å². The third kappa shape index (κ3) is 6.97. The first kappa shape index (κ1) is 35.8. The Labute approximate surface area is 311 Å². The molecule has 1 saturated carbocycles. The van der Waals surface area contributed by atoms with Gasteiger partial charge in [0.05, 0.1) is 57.1 Å². The standard InChI is InChI=1S/C39H49ClN4O7S/c1-26-5-3-7-34(48-2)31-11-8-29(31)19-43-21-38(14-4-6-27-17-30(40)10-12-32(27)38)24-50-35-13-9-28(18-33(35)43)36(45)41-52(47,20-26)42-37(46)44-22-39(23-44)25-49-15-16-51-39/h3,7,9-10,12-13,17-18,26,29,31,34H,4-6,8,11,14-16,19-25H2,1-2H3,(H,41,42,45,46,47)/b7-3-/t26-,29-,31+,34-,38-,52?/m0/s1. The Bertz CT molecular complexity index is 1870. The van der Waals surface area contributed by atoms with Gasteiger partial charge in [0, 0.05) is 36.2 Å². The summed E-state index contributed by atoms with van der Waals surface area (Å²) in [5.74, 6) is 0.681. The van der Waals surface area contributed by atoms with Crippen LogP contribution < -0.4 is 14.4 Å². The van der Waals surface area contributed by atoms with E-state index in [-0.39, 0.29) is 23.2 Å². The number of nitrogens with zero attached hydrogens (tertiary/aromatic N) is 3. The van der Waals surface area contributed by atoms with E-state index in [0.29, 0.717) is 69.1 Å². The van der Waals surface area contributed by atoms with E-state index in [1.807, 2.05) is 25.1 Å². The lowest BCUT2D eigenvalue weighted by atomic mass is 9.68. The van der Waals surface area contributed by atoms with Gasteiger partial charge in [-0.2, -0.15) is 0 Å². The van der Waals surface area contributed by atoms with Crippen LogP contribution in [0.3, 0.4) is 0 Å². The first-order valence-electron chi connectivity index (χ1n) is 18.6. The highest BCUT2D eigenvalue weighted by atomic mass is 35.5. The Hall–Kier alpha value is -3.16. The van der Waals surface area contributed by atoms with Crippen molar-refractivity contribution in [1.82, 2.24) is 9.62 Å². The quantitative estimate of drug-likeness (QED) is 0.384. The second kappa shape index (κ2) is 14.2. The predicted molar refractivity (Wildman–Crippen MR) is 200 cm³/mol. The number of carbonyl (C=O) groups excluding carboxylic acids is 2. The van der Waals surface area contributed by atoms with Gasteiger partial charge in [0.25, 0.3) is 5.91 Å². The third-order valence-corrected chi connectivity index (χ3v) is 14.2. The van der Waals surface area contributed by atoms with Gasteiger partial charge in [-0.3, -0.25) is 9.52 Å². The molecule has 3 amide bonds. The summed E-state index contributed by atoms with van der Waals surface area (Å²) in [5, 5.41) is 0.741. The number of halogens is 1. The number of urea groups is 1. The molecule has 2 aromatic rings. The van der Waals surface area contributed by atoms with Crippen molar-refractivity contribution in [2.45, 2.75) is 62.6 Å². The molecule has 13 heteroatoms. The van der Waals surface area contributed by atoms with Crippen molar-refractivity contribution in [2.24, 2.45) is 22.1 Å². The fraction of sp³-hybridized carbons (Fsp3) is 0.590. The molecule has 2 spiro atoms. The number of fused-ring (bicyclic) bond motifs is 4. The van der Waals surface area contributed by atoms with Crippen LogP contribution in [-0.2, 0) is 36.0 Å². The van der Waals surface area contributed by atoms with Crippen LogP contribution in [-0.4, -0.2) is 98.2 Å². The van der Waals surface area contributed by atoms with Gasteiger partial charge in [0.15, 0.2) is 0 Å². The van der Waals surface area contributed by atoms with Crippen LogP contribution in [0.1, 0.15) is 60.5 Å². The van der Waals surface area contributed by atoms with Gasteiger partial charge >= 0.3 is 6.03 Å². The van der Waals surface area contributed by atoms with E-state index in [2.05, 4.69) is 38.3 Å². The van der Waals surface area contributed by atoms with Gasteiger partial charge in [-0.1, -0.05) is 36.7 Å². The van der Waals surface area contributed by atoms with E-state index in [9.17, 15) is 13.8 Å². The fourth-order valence-electron chi connectivity index (χ4n) is 9.16. The van der Waals surface area contributed by atoms with Crippen LogP contribution in [0.5, 0.6) is 5.75 Å². The van der Waals surface area contributed by atoms with Crippen molar-refractivity contribution in [3.8, 4) is 5.75 Å². The number of ether oxygens (including phenoxy) is 4. The number of rotatable bonds is 2. The molecule has 280 valence electrons. The first-order valence-corrected chi connectivity index (χ1v) is 20.7. The molecule has 2 aromatic carbocycles. The minimum atomic E-state index is -3.51. The zero-order chi connectivity index (χ0) is 36.1. The summed E-state index contributed by atoms with van der Waals surface area (Å²) in [5.41, 5.74) is 2.87. The van der Waals surface area contributed by atoms with Crippen LogP contribution in [0.4, 0.5) is 10.5 Å². The fourth-order valence-corrected chi connectivity index (χ4v) is 11.2. The van der Waals surface area contributed by atoms with Crippen molar-refractivity contribution >= 4 is 39.1 Å². The topological polar surface area (TPSA) is 119 Å². The molecular formula is C39H49ClN4O7S. The van der Waals surface area contributed by atoms with Gasteiger partial charge in [0.2, 0.25) is 0 Å². The normalized spacial score (nSPS) is 33.3. The maximum Gasteiger partial charge on any atom is 0.330 e. The summed E-state index contributed by atoms with van der Waals surface area (Å²) in [6, 6.07) is 11.1. The minimum absolute atomic E-state index is 0.0171. The molecule has 52 heavy (non-hydrogen) atoms. The number of methoxy groups -OCH3 is 1. The molecule has 0 aromatic heterocycles. The number of amides is 3. The van der Waals surface area contributed by atoms with Crippen LogP contribution in [0.15, 0.2) is 52.9 Å². The molecule has 4 aliphatic heterocycles. The lowest BCUT2D eigenvalue weighted by molar-refractivity contribution is -0.205. The van der Waals surface area contributed by atoms with Crippen molar-refractivity contribution in [1.29, 1.82) is 0 Å². The van der Waals surface area contributed by atoms with Crippen molar-refractivity contribution in [3.63, 3.8) is 0 Å². The second-order valence-corrected chi connectivity index (χ2v) is 18.2. The first-order chi connectivity index (χ1) is 25.1. The number of hydrogen-bond acceptors (Lipinski definition) is 8. The monoisotopic (exact) mass is 752 g/mol. The Morgan fingerprint density at radius 3 is 2.75 bits per heavy atom. The Kier molecular flexibility index (Phi) is 9.82. The summed E-state index contributed by atoms with van der Waals surface area (Å²) in [7, 11) is -1.75. The predicted octanol–water partition coefficient (Wildman–Crippen LogP) is 5.78. The number of aryl methyl sites for hydroxylation is 1. The molecule has 0 radical (unpaired) electrons. The molecule has 11 nitrogen and oxygen atoms in total. The molecular weight excluding hydrogens is 704 g/mol. The number of hydrogen-bond donors (Lipinski definition) is 1. The van der Waals surface area contributed by atoms with Crippen molar-refractivity contribution in [3.05, 3.63) is 70.3 Å². The molecule has 6 aliphatic rings. The Morgan fingerprint density at radius 1 is 1.12 bits per heavy atom. The minimum Gasteiger partial charge on any atom is -0.490 e. The molecule has 1 N–H and O–H groups in total. The highest BCUT2D eigenvalue weighted by Crippen LogP contribution is 2.47. The molecule has 3 fully saturated rings. The van der Waals surface area contributed by atoms with Gasteiger partial charge in [-0.15, -0.1) is 4.36 Å². The van der Waals surface area contributed by atoms with Crippen LogP contribution in [0.2, 0.25) is 5.02 Å². The largest absolute Gasteiger partial charge is 0.490 e. The summed E-state index contributed by atoms with van der Waals surface area (Å²) in [6.45, 7) is 6.01. The zero-order valence-corrected chi connectivity index (χ0v) is 31.6. The number of carbonyl (C=O) groups is 2. The molecule has 1 unspecified atom stereocenters. The average Bonchev–Trinajstić information content (AvgIpc) is 3.24. The van der Waals surface area contributed by atoms with Crippen LogP contribution >= 0.6 is 11.6 Å². The van der Waals surface area contributed by atoms with Gasteiger partial charge in [0.1, 0.15) is 21.3 Å². The van der Waals surface area contributed by atoms with Crippen molar-refractivity contribution < 1.29 is 32.7 Å². The van der Waals surface area contributed by atoms with Crippen molar-refractivity contribution in [2.75, 3.05) is 70.4 Å². The molecule has 2 bridgehead atoms. The SMILES string of the molecule is CO[C@H]1/C=C\C[C@H](C)CS(=O)(NC(=O)N2CC3(COCCO3)C2)=NC(=O)c2ccc3c(c2)N(C[C@@H]2CC[C@H]21)C[C@@]1(CCCc2cc(Cl)ccc21)CO3. The van der Waals surface area contributed by atoms with Crippen LogP contribution in [0, 0.1) is 17.8 Å². The highest BCUT2D eigenvalue weighted by molar-refractivity contribution is 7.92. The van der Waals surface area contributed by atoms with E-state index >= 15 is 0 Å². The Balaban J connectivity index is 1.15. The van der Waals surface area contributed by atoms with Gasteiger partial charge < -0.3 is 28.7 Å². The maximum absolute atomic E-state index is 14.6. The highest BCUT2D eigenvalue weighted by Gasteiger charge is 2.49. The second-order valence-electron chi connectivity index (χ2n) is 15.8. The lowest BCUT2D eigenvalue weighted by Crippen LogP contribution is -2.70. The molecule has 2 saturated heterocycles. The van der Waals surface area contributed by atoms with Gasteiger partial charge in [-0.25, -0.2) is 9.00 Å². The van der Waals surface area contributed by atoms with E-state index in [4.69, 9.17) is 30.5 Å². The number of nitrogens with one attached hydrogen (secondary N) is 1. The number of allylic oxidation sites excluding steroid dienone is 1. The summed E-state index contributed by atoms with van der Waals surface area (Å²) in [4.78, 5) is 31.4. The lowest BCUT2D eigenvalue weighted by Gasteiger charge is -2.50. The smallest absolute Gasteiger partial charge is 0.330 e. The molecule has 8 rings (SSSR count). The molecule has 2 aliphatic carbocycles. The summed E-state index contributed by atoms with van der Waals surface area (Å²) >= 11 is 6.46. The zero-order valence-electron chi connectivity index (χ0n) is 30.0. The Morgan fingerprint density at radius 2 is 1.98 bits per heavy atom. The van der Waals surface area contributed by atoms with E-state index in [1.54, 1.807) is 13.2 Å². The van der Waals surface area contributed by atoms with Crippen LogP contribution in [0.25, 0.3) is 0 Å². The number of benzene rings is 2.